The number of nitrogens with zero attached hydrogens (tertiary/aromatic N) is 1. The first-order valence-corrected chi connectivity index (χ1v) is 7.74. The van der Waals surface area contributed by atoms with Crippen LogP contribution < -0.4 is 0 Å². The van der Waals surface area contributed by atoms with Crippen molar-refractivity contribution in [3.63, 3.8) is 0 Å². The van der Waals surface area contributed by atoms with E-state index in [4.69, 9.17) is 14.2 Å². The van der Waals surface area contributed by atoms with Gasteiger partial charge in [0.25, 0.3) is 0 Å². The summed E-state index contributed by atoms with van der Waals surface area (Å²) < 4.78 is 16.0. The first kappa shape index (κ1) is 17.4. The number of esters is 1. The molecule has 1 saturated heterocycles. The molecule has 1 fully saturated rings. The number of unbranched alkanes of at least 4 members (excludes halogenated alkanes) is 1. The second kappa shape index (κ2) is 11.1. The number of methoxy groups -OCH3 is 1. The summed E-state index contributed by atoms with van der Waals surface area (Å²) in [5.41, 5.74) is 0. The summed E-state index contributed by atoms with van der Waals surface area (Å²) in [6.07, 6.45) is 5.25. The van der Waals surface area contributed by atoms with E-state index in [1.807, 2.05) is 0 Å². The van der Waals surface area contributed by atoms with Crippen LogP contribution in [0.1, 0.15) is 39.0 Å². The van der Waals surface area contributed by atoms with Gasteiger partial charge in [-0.1, -0.05) is 13.3 Å². The maximum Gasteiger partial charge on any atom is 0.306 e. The molecular weight excluding hydrogens is 258 g/mol. The third-order valence-electron chi connectivity index (χ3n) is 3.54. The molecule has 0 saturated carbocycles. The number of rotatable bonds is 11. The van der Waals surface area contributed by atoms with Gasteiger partial charge in [-0.05, 0) is 19.3 Å². The number of ether oxygens (including phenoxy) is 3. The standard InChI is InChI=1S/C15H29NO4/c1-3-4-10-19-12-9-16(8-7-15(17)18-2)13-14-6-5-11-20-14/h14H,3-13H2,1-2H3. The van der Waals surface area contributed by atoms with Gasteiger partial charge in [-0.25, -0.2) is 0 Å². The summed E-state index contributed by atoms with van der Waals surface area (Å²) in [7, 11) is 1.43. The molecule has 0 bridgehead atoms. The van der Waals surface area contributed by atoms with Crippen LogP contribution in [0.3, 0.4) is 0 Å². The minimum absolute atomic E-state index is 0.158. The van der Waals surface area contributed by atoms with Gasteiger partial charge < -0.3 is 14.2 Å². The summed E-state index contributed by atoms with van der Waals surface area (Å²) in [4.78, 5) is 13.5. The molecule has 1 heterocycles. The molecule has 1 rings (SSSR count). The number of hydrogen-bond acceptors (Lipinski definition) is 5. The van der Waals surface area contributed by atoms with Crippen LogP contribution in [0.15, 0.2) is 0 Å². The molecule has 0 amide bonds. The quantitative estimate of drug-likeness (QED) is 0.429. The lowest BCUT2D eigenvalue weighted by molar-refractivity contribution is -0.141. The van der Waals surface area contributed by atoms with Crippen LogP contribution in [0.25, 0.3) is 0 Å². The Bertz CT molecular complexity index is 254. The highest BCUT2D eigenvalue weighted by atomic mass is 16.5. The molecule has 0 aromatic rings. The van der Waals surface area contributed by atoms with Crippen molar-refractivity contribution in [2.24, 2.45) is 0 Å². The smallest absolute Gasteiger partial charge is 0.306 e. The predicted octanol–water partition coefficient (Wildman–Crippen LogP) is 1.85. The molecule has 118 valence electrons. The Morgan fingerprint density at radius 3 is 2.85 bits per heavy atom. The minimum atomic E-state index is -0.158. The average molecular weight is 287 g/mol. The summed E-state index contributed by atoms with van der Waals surface area (Å²) in [6.45, 7) is 7.00. The fraction of sp³-hybridized carbons (Fsp3) is 0.933. The fourth-order valence-corrected chi connectivity index (χ4v) is 2.26. The summed E-state index contributed by atoms with van der Waals surface area (Å²) in [5, 5.41) is 0. The molecule has 0 spiro atoms. The maximum atomic E-state index is 11.3. The van der Waals surface area contributed by atoms with Gasteiger partial charge in [0.2, 0.25) is 0 Å². The largest absolute Gasteiger partial charge is 0.469 e. The van der Waals surface area contributed by atoms with E-state index in [9.17, 15) is 4.79 Å². The highest BCUT2D eigenvalue weighted by Crippen LogP contribution is 2.13. The third kappa shape index (κ3) is 7.82. The molecule has 5 heteroatoms. The Kier molecular flexibility index (Phi) is 9.62. The lowest BCUT2D eigenvalue weighted by atomic mass is 10.2. The maximum absolute atomic E-state index is 11.3. The monoisotopic (exact) mass is 287 g/mol. The van der Waals surface area contributed by atoms with Crippen LogP contribution in [-0.2, 0) is 19.0 Å². The van der Waals surface area contributed by atoms with E-state index in [2.05, 4.69) is 11.8 Å². The molecule has 1 aliphatic heterocycles. The Balaban J connectivity index is 2.23. The van der Waals surface area contributed by atoms with E-state index in [1.165, 1.54) is 7.11 Å². The second-order valence-electron chi connectivity index (χ2n) is 5.23. The molecule has 1 atom stereocenters. The Labute approximate surface area is 122 Å². The summed E-state index contributed by atoms with van der Waals surface area (Å²) in [5.74, 6) is -0.158. The van der Waals surface area contributed by atoms with Crippen molar-refractivity contribution < 1.29 is 19.0 Å². The lowest BCUT2D eigenvalue weighted by Crippen LogP contribution is -2.36. The van der Waals surface area contributed by atoms with Crippen LogP contribution in [-0.4, -0.2) is 63.5 Å². The minimum Gasteiger partial charge on any atom is -0.469 e. The van der Waals surface area contributed by atoms with E-state index in [0.717, 1.165) is 52.0 Å². The average Bonchev–Trinajstić information content (AvgIpc) is 2.96. The van der Waals surface area contributed by atoms with Gasteiger partial charge in [-0.2, -0.15) is 0 Å². The van der Waals surface area contributed by atoms with Gasteiger partial charge in [-0.3, -0.25) is 9.69 Å². The number of hydrogen-bond donors (Lipinski definition) is 0. The van der Waals surface area contributed by atoms with Gasteiger partial charge in [0.15, 0.2) is 0 Å². The molecule has 20 heavy (non-hydrogen) atoms. The third-order valence-corrected chi connectivity index (χ3v) is 3.54. The first-order chi connectivity index (χ1) is 9.76. The van der Waals surface area contributed by atoms with Crippen LogP contribution in [0, 0.1) is 0 Å². The summed E-state index contributed by atoms with van der Waals surface area (Å²) in [6, 6.07) is 0. The zero-order valence-electron chi connectivity index (χ0n) is 12.9. The molecule has 5 nitrogen and oxygen atoms in total. The van der Waals surface area contributed by atoms with E-state index >= 15 is 0 Å². The van der Waals surface area contributed by atoms with Gasteiger partial charge in [0.05, 0.1) is 26.2 Å². The Morgan fingerprint density at radius 1 is 1.35 bits per heavy atom. The van der Waals surface area contributed by atoms with Gasteiger partial charge in [0.1, 0.15) is 0 Å². The van der Waals surface area contributed by atoms with Crippen molar-refractivity contribution in [1.29, 1.82) is 0 Å². The van der Waals surface area contributed by atoms with Crippen LogP contribution in [0.2, 0.25) is 0 Å². The molecule has 0 aromatic heterocycles. The lowest BCUT2D eigenvalue weighted by Gasteiger charge is -2.24. The zero-order valence-corrected chi connectivity index (χ0v) is 12.9. The Hall–Kier alpha value is -0.650. The normalized spacial score (nSPS) is 18.6. The second-order valence-corrected chi connectivity index (χ2v) is 5.23. The van der Waals surface area contributed by atoms with Crippen molar-refractivity contribution in [1.82, 2.24) is 4.90 Å². The van der Waals surface area contributed by atoms with Gasteiger partial charge >= 0.3 is 5.97 Å². The predicted molar refractivity (Wildman–Crippen MR) is 77.8 cm³/mol. The first-order valence-electron chi connectivity index (χ1n) is 7.74. The van der Waals surface area contributed by atoms with Gasteiger partial charge in [-0.15, -0.1) is 0 Å². The van der Waals surface area contributed by atoms with E-state index in [1.54, 1.807) is 0 Å². The molecule has 1 aliphatic rings. The van der Waals surface area contributed by atoms with Crippen molar-refractivity contribution in [2.75, 3.05) is 46.6 Å². The van der Waals surface area contributed by atoms with Crippen molar-refractivity contribution in [3.8, 4) is 0 Å². The highest BCUT2D eigenvalue weighted by molar-refractivity contribution is 5.69. The Morgan fingerprint density at radius 2 is 2.20 bits per heavy atom. The number of carbonyl (C=O) groups excluding carboxylic acids is 1. The van der Waals surface area contributed by atoms with Crippen LogP contribution in [0.5, 0.6) is 0 Å². The molecule has 0 radical (unpaired) electrons. The van der Waals surface area contributed by atoms with E-state index in [0.29, 0.717) is 25.7 Å². The molecule has 1 unspecified atom stereocenters. The molecule has 0 aliphatic carbocycles. The number of carbonyl (C=O) groups is 1. The SMILES string of the molecule is CCCCOCCN(CCC(=O)OC)CC1CCCO1. The van der Waals surface area contributed by atoms with Crippen LogP contribution >= 0.6 is 0 Å². The van der Waals surface area contributed by atoms with E-state index in [-0.39, 0.29) is 5.97 Å². The van der Waals surface area contributed by atoms with E-state index < -0.39 is 0 Å². The zero-order chi connectivity index (χ0) is 14.6. The van der Waals surface area contributed by atoms with Crippen molar-refractivity contribution in [3.05, 3.63) is 0 Å². The molecule has 0 N–H and O–H groups in total. The summed E-state index contributed by atoms with van der Waals surface area (Å²) >= 11 is 0. The topological polar surface area (TPSA) is 48.0 Å². The van der Waals surface area contributed by atoms with Crippen molar-refractivity contribution in [2.45, 2.75) is 45.1 Å². The highest BCUT2D eigenvalue weighted by Gasteiger charge is 2.19. The van der Waals surface area contributed by atoms with Gasteiger partial charge in [0, 0.05) is 32.8 Å². The fourth-order valence-electron chi connectivity index (χ4n) is 2.26. The molecular formula is C15H29NO4. The molecule has 0 aromatic carbocycles. The van der Waals surface area contributed by atoms with Crippen LogP contribution in [0.4, 0.5) is 0 Å². The van der Waals surface area contributed by atoms with Crippen molar-refractivity contribution >= 4 is 5.97 Å².